The Morgan fingerprint density at radius 2 is 1.76 bits per heavy atom. The summed E-state index contributed by atoms with van der Waals surface area (Å²) < 4.78 is 1.93. The largest absolute Gasteiger partial charge is 0.357 e. The predicted octanol–water partition coefficient (Wildman–Crippen LogP) is 3.90. The van der Waals surface area contributed by atoms with E-state index in [-0.39, 0.29) is 24.0 Å². The van der Waals surface area contributed by atoms with Gasteiger partial charge in [-0.2, -0.15) is 5.10 Å². The number of H-pyrrole nitrogens is 1. The van der Waals surface area contributed by atoms with Crippen LogP contribution >= 0.6 is 24.0 Å². The van der Waals surface area contributed by atoms with E-state index in [1.54, 1.807) is 13.2 Å². The molecule has 0 fully saturated rings. The van der Waals surface area contributed by atoms with Gasteiger partial charge < -0.3 is 15.6 Å². The summed E-state index contributed by atoms with van der Waals surface area (Å²) in [4.78, 5) is 7.77. The van der Waals surface area contributed by atoms with Crippen LogP contribution in [0.5, 0.6) is 0 Å². The van der Waals surface area contributed by atoms with Crippen molar-refractivity contribution in [1.82, 2.24) is 25.4 Å². The summed E-state index contributed by atoms with van der Waals surface area (Å²) >= 11 is 0. The maximum absolute atomic E-state index is 4.34. The highest BCUT2D eigenvalue weighted by atomic mass is 127. The maximum atomic E-state index is 4.34. The molecule has 4 aromatic rings. The van der Waals surface area contributed by atoms with Gasteiger partial charge in [0.05, 0.1) is 13.1 Å². The third-order valence-electron chi connectivity index (χ3n) is 4.71. The first kappa shape index (κ1) is 20.9. The van der Waals surface area contributed by atoms with Crippen molar-refractivity contribution >= 4 is 40.8 Å². The smallest absolute Gasteiger partial charge is 0.191 e. The molecule has 2 heterocycles. The second kappa shape index (κ2) is 10.1. The zero-order chi connectivity index (χ0) is 19.2. The van der Waals surface area contributed by atoms with E-state index < -0.39 is 0 Å². The molecule has 2 aromatic heterocycles. The first-order valence-corrected chi connectivity index (χ1v) is 9.37. The minimum Gasteiger partial charge on any atom is -0.357 e. The number of rotatable bonds is 6. The second-order valence-corrected chi connectivity index (χ2v) is 6.63. The van der Waals surface area contributed by atoms with E-state index in [2.05, 4.69) is 74.2 Å². The van der Waals surface area contributed by atoms with Gasteiger partial charge in [-0.25, -0.2) is 0 Å². The Balaban J connectivity index is 0.00000240. The average molecular weight is 500 g/mol. The average Bonchev–Trinajstić information content (AvgIpc) is 3.38. The van der Waals surface area contributed by atoms with Gasteiger partial charge in [-0.1, -0.05) is 42.5 Å². The molecule has 0 amide bonds. The Bertz CT molecular complexity index is 1030. The summed E-state index contributed by atoms with van der Waals surface area (Å²) in [7, 11) is 1.79. The van der Waals surface area contributed by atoms with Gasteiger partial charge in [-0.15, -0.1) is 24.0 Å². The number of guanidine groups is 1. The summed E-state index contributed by atoms with van der Waals surface area (Å²) in [6, 6.07) is 20.8. The molecule has 0 unspecified atom stereocenters. The highest BCUT2D eigenvalue weighted by molar-refractivity contribution is 14.0. The Morgan fingerprint density at radius 3 is 2.52 bits per heavy atom. The number of halogens is 1. The van der Waals surface area contributed by atoms with Crippen molar-refractivity contribution in [2.75, 3.05) is 7.05 Å². The van der Waals surface area contributed by atoms with Gasteiger partial charge in [-0.05, 0) is 34.7 Å². The van der Waals surface area contributed by atoms with Crippen molar-refractivity contribution in [2.24, 2.45) is 4.99 Å². The molecule has 0 aliphatic rings. The number of aromatic nitrogens is 3. The van der Waals surface area contributed by atoms with Gasteiger partial charge >= 0.3 is 0 Å². The van der Waals surface area contributed by atoms with Gasteiger partial charge in [0, 0.05) is 37.2 Å². The molecule has 7 heteroatoms. The van der Waals surface area contributed by atoms with Gasteiger partial charge in [0.1, 0.15) is 0 Å². The number of aromatic amines is 1. The van der Waals surface area contributed by atoms with Crippen LogP contribution < -0.4 is 10.6 Å². The van der Waals surface area contributed by atoms with Crippen LogP contribution in [0.15, 0.2) is 78.0 Å². The second-order valence-electron chi connectivity index (χ2n) is 6.63. The number of hydrogen-bond donors (Lipinski definition) is 3. The first-order chi connectivity index (χ1) is 13.8. The molecule has 4 rings (SSSR count). The maximum Gasteiger partial charge on any atom is 0.191 e. The van der Waals surface area contributed by atoms with Gasteiger partial charge in [-0.3, -0.25) is 9.67 Å². The normalized spacial score (nSPS) is 11.3. The molecule has 2 aromatic carbocycles. The molecule has 29 heavy (non-hydrogen) atoms. The van der Waals surface area contributed by atoms with E-state index >= 15 is 0 Å². The Labute approximate surface area is 187 Å². The zero-order valence-electron chi connectivity index (χ0n) is 16.3. The fraction of sp³-hybridized carbons (Fsp3) is 0.182. The SMILES string of the molecule is CN=C(NCc1cc2ccccc2[nH]1)NCc1ccccc1Cn1cccn1.I. The lowest BCUT2D eigenvalue weighted by Crippen LogP contribution is -2.36. The van der Waals surface area contributed by atoms with Gasteiger partial charge in [0.2, 0.25) is 0 Å². The predicted molar refractivity (Wildman–Crippen MR) is 129 cm³/mol. The summed E-state index contributed by atoms with van der Waals surface area (Å²) in [5.74, 6) is 0.771. The van der Waals surface area contributed by atoms with E-state index in [1.165, 1.54) is 16.5 Å². The van der Waals surface area contributed by atoms with Crippen LogP contribution in [0, 0.1) is 0 Å². The summed E-state index contributed by atoms with van der Waals surface area (Å²) in [5, 5.41) is 12.3. The summed E-state index contributed by atoms with van der Waals surface area (Å²) in [6.07, 6.45) is 3.78. The Morgan fingerprint density at radius 1 is 1.00 bits per heavy atom. The third kappa shape index (κ3) is 5.38. The van der Waals surface area contributed by atoms with Gasteiger partial charge in [0.15, 0.2) is 5.96 Å². The molecule has 0 aliphatic carbocycles. The number of para-hydroxylation sites is 1. The lowest BCUT2D eigenvalue weighted by atomic mass is 10.1. The molecule has 0 aliphatic heterocycles. The third-order valence-corrected chi connectivity index (χ3v) is 4.71. The molecule has 0 saturated heterocycles. The number of aliphatic imine (C=N–C) groups is 1. The molecule has 6 nitrogen and oxygen atoms in total. The minimum atomic E-state index is 0. The van der Waals surface area contributed by atoms with Gasteiger partial charge in [0.25, 0.3) is 0 Å². The topological polar surface area (TPSA) is 70.0 Å². The standard InChI is InChI=1S/C22H24N6.HI/c1-23-22(25-15-20-13-17-7-4-5-10-21(17)27-20)24-14-18-8-2-3-9-19(18)16-28-12-6-11-26-28;/h2-13,27H,14-16H2,1H3,(H2,23,24,25);1H. The van der Waals surface area contributed by atoms with Crippen molar-refractivity contribution < 1.29 is 0 Å². The number of hydrogen-bond acceptors (Lipinski definition) is 2. The molecule has 0 bridgehead atoms. The van der Waals surface area contributed by atoms with Crippen LogP contribution in [-0.4, -0.2) is 27.8 Å². The fourth-order valence-corrected chi connectivity index (χ4v) is 3.26. The van der Waals surface area contributed by atoms with E-state index in [1.807, 2.05) is 23.0 Å². The highest BCUT2D eigenvalue weighted by Crippen LogP contribution is 2.14. The zero-order valence-corrected chi connectivity index (χ0v) is 18.6. The molecule has 3 N–H and O–H groups in total. The molecular weight excluding hydrogens is 475 g/mol. The summed E-state index contributed by atoms with van der Waals surface area (Å²) in [5.41, 5.74) is 4.74. The van der Waals surface area contributed by atoms with Crippen LogP contribution in [0.3, 0.4) is 0 Å². The van der Waals surface area contributed by atoms with E-state index in [9.17, 15) is 0 Å². The highest BCUT2D eigenvalue weighted by Gasteiger charge is 2.06. The van der Waals surface area contributed by atoms with Crippen molar-refractivity contribution in [3.8, 4) is 0 Å². The lowest BCUT2D eigenvalue weighted by molar-refractivity contribution is 0.677. The van der Waals surface area contributed by atoms with Crippen molar-refractivity contribution in [3.05, 3.63) is 89.9 Å². The van der Waals surface area contributed by atoms with Crippen LogP contribution in [-0.2, 0) is 19.6 Å². The number of nitrogens with one attached hydrogen (secondary N) is 3. The molecule has 0 spiro atoms. The molecule has 0 atom stereocenters. The van der Waals surface area contributed by atoms with Crippen LogP contribution in [0.2, 0.25) is 0 Å². The van der Waals surface area contributed by atoms with E-state index in [0.29, 0.717) is 13.1 Å². The Kier molecular flexibility index (Phi) is 7.29. The molecule has 150 valence electrons. The quantitative estimate of drug-likeness (QED) is 0.214. The number of nitrogens with zero attached hydrogens (tertiary/aromatic N) is 3. The van der Waals surface area contributed by atoms with Crippen LogP contribution in [0.25, 0.3) is 10.9 Å². The lowest BCUT2D eigenvalue weighted by Gasteiger charge is -2.14. The molecular formula is C22H25IN6. The first-order valence-electron chi connectivity index (χ1n) is 9.37. The van der Waals surface area contributed by atoms with E-state index in [0.717, 1.165) is 23.7 Å². The summed E-state index contributed by atoms with van der Waals surface area (Å²) in [6.45, 7) is 2.14. The van der Waals surface area contributed by atoms with Crippen molar-refractivity contribution in [3.63, 3.8) is 0 Å². The number of benzene rings is 2. The Hall–Kier alpha value is -2.81. The monoisotopic (exact) mass is 500 g/mol. The molecule has 0 saturated carbocycles. The van der Waals surface area contributed by atoms with Crippen LogP contribution in [0.1, 0.15) is 16.8 Å². The minimum absolute atomic E-state index is 0. The van der Waals surface area contributed by atoms with E-state index in [4.69, 9.17) is 0 Å². The number of fused-ring (bicyclic) bond motifs is 1. The van der Waals surface area contributed by atoms with Crippen LogP contribution in [0.4, 0.5) is 0 Å². The fourth-order valence-electron chi connectivity index (χ4n) is 3.26. The van der Waals surface area contributed by atoms with Crippen molar-refractivity contribution in [1.29, 1.82) is 0 Å². The van der Waals surface area contributed by atoms with Crippen molar-refractivity contribution in [2.45, 2.75) is 19.6 Å². The molecule has 0 radical (unpaired) electrons.